The summed E-state index contributed by atoms with van der Waals surface area (Å²) in [4.78, 5) is 0. The van der Waals surface area contributed by atoms with E-state index in [0.717, 1.165) is 12.0 Å². The molecule has 0 saturated carbocycles. The number of anilines is 1. The SMILES string of the molecule is CCc1ccc(Oc2c(C#N)c(C)nn2C)c(N)c1. The van der Waals surface area contributed by atoms with E-state index in [2.05, 4.69) is 18.1 Å². The molecule has 0 aliphatic rings. The average molecular weight is 256 g/mol. The number of nitriles is 1. The minimum Gasteiger partial charge on any atom is -0.436 e. The molecule has 0 atom stereocenters. The molecule has 5 nitrogen and oxygen atoms in total. The van der Waals surface area contributed by atoms with Crippen molar-refractivity contribution >= 4 is 5.69 Å². The quantitative estimate of drug-likeness (QED) is 0.856. The zero-order valence-corrected chi connectivity index (χ0v) is 11.3. The first kappa shape index (κ1) is 13.0. The fourth-order valence-electron chi connectivity index (χ4n) is 1.90. The van der Waals surface area contributed by atoms with E-state index in [1.165, 1.54) is 0 Å². The normalized spacial score (nSPS) is 10.2. The summed E-state index contributed by atoms with van der Waals surface area (Å²) in [5.74, 6) is 0.952. The molecule has 0 spiro atoms. The Balaban J connectivity index is 2.40. The molecule has 1 aromatic heterocycles. The third-order valence-corrected chi connectivity index (χ3v) is 2.97. The number of nitrogen functional groups attached to an aromatic ring is 1. The van der Waals surface area contributed by atoms with Crippen molar-refractivity contribution in [2.75, 3.05) is 5.73 Å². The molecule has 1 heterocycles. The van der Waals surface area contributed by atoms with E-state index >= 15 is 0 Å². The molecular weight excluding hydrogens is 240 g/mol. The molecular formula is C14H16N4O. The number of rotatable bonds is 3. The van der Waals surface area contributed by atoms with Crippen LogP contribution in [0.1, 0.15) is 23.7 Å². The van der Waals surface area contributed by atoms with Crippen molar-refractivity contribution in [2.45, 2.75) is 20.3 Å². The number of hydrogen-bond acceptors (Lipinski definition) is 4. The van der Waals surface area contributed by atoms with Crippen LogP contribution in [0.3, 0.4) is 0 Å². The summed E-state index contributed by atoms with van der Waals surface area (Å²) >= 11 is 0. The van der Waals surface area contributed by atoms with Crippen molar-refractivity contribution in [1.82, 2.24) is 9.78 Å². The summed E-state index contributed by atoms with van der Waals surface area (Å²) in [5, 5.41) is 13.3. The van der Waals surface area contributed by atoms with Crippen LogP contribution in [0.5, 0.6) is 11.6 Å². The van der Waals surface area contributed by atoms with Gasteiger partial charge in [0.25, 0.3) is 0 Å². The molecule has 1 aromatic carbocycles. The van der Waals surface area contributed by atoms with Crippen LogP contribution in [-0.2, 0) is 13.5 Å². The molecule has 19 heavy (non-hydrogen) atoms. The van der Waals surface area contributed by atoms with E-state index in [1.54, 1.807) is 18.7 Å². The van der Waals surface area contributed by atoms with Crippen molar-refractivity contribution in [3.8, 4) is 17.7 Å². The first-order valence-corrected chi connectivity index (χ1v) is 6.06. The van der Waals surface area contributed by atoms with Crippen molar-refractivity contribution in [1.29, 1.82) is 5.26 Å². The molecule has 0 unspecified atom stereocenters. The van der Waals surface area contributed by atoms with Gasteiger partial charge in [-0.05, 0) is 31.0 Å². The number of hydrogen-bond donors (Lipinski definition) is 1. The first-order chi connectivity index (χ1) is 9.06. The first-order valence-electron chi connectivity index (χ1n) is 6.06. The smallest absolute Gasteiger partial charge is 0.235 e. The summed E-state index contributed by atoms with van der Waals surface area (Å²) < 4.78 is 7.28. The van der Waals surface area contributed by atoms with E-state index in [9.17, 15) is 0 Å². The maximum Gasteiger partial charge on any atom is 0.235 e. The number of nitrogens with zero attached hydrogens (tertiary/aromatic N) is 3. The van der Waals surface area contributed by atoms with Crippen molar-refractivity contribution < 1.29 is 4.74 Å². The lowest BCUT2D eigenvalue weighted by Gasteiger charge is -2.09. The van der Waals surface area contributed by atoms with Crippen LogP contribution in [0.4, 0.5) is 5.69 Å². The molecule has 0 fully saturated rings. The Morgan fingerprint density at radius 2 is 2.21 bits per heavy atom. The van der Waals surface area contributed by atoms with Gasteiger partial charge in [-0.3, -0.25) is 0 Å². The van der Waals surface area contributed by atoms with E-state index in [0.29, 0.717) is 28.6 Å². The molecule has 2 N–H and O–H groups in total. The fraction of sp³-hybridized carbons (Fsp3) is 0.286. The van der Waals surface area contributed by atoms with Crippen LogP contribution in [0.2, 0.25) is 0 Å². The third kappa shape index (κ3) is 2.38. The van der Waals surface area contributed by atoms with Gasteiger partial charge < -0.3 is 10.5 Å². The predicted molar refractivity (Wildman–Crippen MR) is 73.0 cm³/mol. The zero-order chi connectivity index (χ0) is 14.0. The lowest BCUT2D eigenvalue weighted by molar-refractivity contribution is 0.431. The van der Waals surface area contributed by atoms with Gasteiger partial charge >= 0.3 is 0 Å². The number of aryl methyl sites for hydroxylation is 3. The molecule has 0 amide bonds. The molecule has 0 bridgehead atoms. The molecule has 0 aliphatic carbocycles. The Morgan fingerprint density at radius 1 is 1.47 bits per heavy atom. The van der Waals surface area contributed by atoms with Gasteiger partial charge in [0.15, 0.2) is 5.75 Å². The summed E-state index contributed by atoms with van der Waals surface area (Å²) in [6, 6.07) is 7.75. The third-order valence-electron chi connectivity index (χ3n) is 2.97. The van der Waals surface area contributed by atoms with Gasteiger partial charge in [0.1, 0.15) is 11.6 Å². The minimum absolute atomic E-state index is 0.413. The van der Waals surface area contributed by atoms with Gasteiger partial charge in [0.05, 0.1) is 11.4 Å². The molecule has 2 aromatic rings. The van der Waals surface area contributed by atoms with Gasteiger partial charge in [-0.15, -0.1) is 0 Å². The molecule has 0 aliphatic heterocycles. The topological polar surface area (TPSA) is 76.9 Å². The van der Waals surface area contributed by atoms with Crippen molar-refractivity contribution in [2.24, 2.45) is 7.05 Å². The van der Waals surface area contributed by atoms with Crippen molar-refractivity contribution in [3.05, 3.63) is 35.0 Å². The Kier molecular flexibility index (Phi) is 3.43. The second kappa shape index (κ2) is 5.02. The van der Waals surface area contributed by atoms with Crippen LogP contribution in [0.25, 0.3) is 0 Å². The second-order valence-corrected chi connectivity index (χ2v) is 4.33. The summed E-state index contributed by atoms with van der Waals surface area (Å²) in [6.45, 7) is 3.84. The Labute approximate surface area is 112 Å². The highest BCUT2D eigenvalue weighted by Gasteiger charge is 2.16. The number of aromatic nitrogens is 2. The largest absolute Gasteiger partial charge is 0.436 e. The summed E-state index contributed by atoms with van der Waals surface area (Å²) in [7, 11) is 1.74. The van der Waals surface area contributed by atoms with Gasteiger partial charge in [-0.2, -0.15) is 10.4 Å². The lowest BCUT2D eigenvalue weighted by Crippen LogP contribution is -1.99. The highest BCUT2D eigenvalue weighted by molar-refractivity contribution is 5.56. The summed E-state index contributed by atoms with van der Waals surface area (Å²) in [5.41, 5.74) is 8.73. The molecule has 2 rings (SSSR count). The molecule has 98 valence electrons. The summed E-state index contributed by atoms with van der Waals surface area (Å²) in [6.07, 6.45) is 0.915. The maximum absolute atomic E-state index is 9.13. The van der Waals surface area contributed by atoms with Crippen LogP contribution >= 0.6 is 0 Å². The van der Waals surface area contributed by atoms with Crippen LogP contribution in [0.15, 0.2) is 18.2 Å². The zero-order valence-electron chi connectivity index (χ0n) is 11.3. The van der Waals surface area contributed by atoms with Gasteiger partial charge in [-0.25, -0.2) is 4.68 Å². The Bertz CT molecular complexity index is 652. The monoisotopic (exact) mass is 256 g/mol. The molecule has 5 heteroatoms. The average Bonchev–Trinajstić information content (AvgIpc) is 2.66. The highest BCUT2D eigenvalue weighted by atomic mass is 16.5. The minimum atomic E-state index is 0.413. The standard InChI is InChI=1S/C14H16N4O/c1-4-10-5-6-13(12(16)7-10)19-14-11(8-15)9(2)17-18(14)3/h5-7H,4,16H2,1-3H3. The number of nitrogens with two attached hydrogens (primary N) is 1. The van der Waals surface area contributed by atoms with Gasteiger partial charge in [0.2, 0.25) is 5.88 Å². The van der Waals surface area contributed by atoms with E-state index in [4.69, 9.17) is 15.7 Å². The number of benzene rings is 1. The second-order valence-electron chi connectivity index (χ2n) is 4.33. The highest BCUT2D eigenvalue weighted by Crippen LogP contribution is 2.31. The fourth-order valence-corrected chi connectivity index (χ4v) is 1.90. The van der Waals surface area contributed by atoms with E-state index in [1.807, 2.05) is 18.2 Å². The maximum atomic E-state index is 9.13. The number of ether oxygens (including phenoxy) is 1. The molecule has 0 radical (unpaired) electrons. The van der Waals surface area contributed by atoms with E-state index < -0.39 is 0 Å². The van der Waals surface area contributed by atoms with Crippen LogP contribution in [-0.4, -0.2) is 9.78 Å². The van der Waals surface area contributed by atoms with Crippen LogP contribution in [0, 0.1) is 18.3 Å². The van der Waals surface area contributed by atoms with Gasteiger partial charge in [-0.1, -0.05) is 13.0 Å². The predicted octanol–water partition coefficient (Wildman–Crippen LogP) is 2.54. The van der Waals surface area contributed by atoms with Crippen LogP contribution < -0.4 is 10.5 Å². The Morgan fingerprint density at radius 3 is 2.79 bits per heavy atom. The lowest BCUT2D eigenvalue weighted by atomic mass is 10.1. The van der Waals surface area contributed by atoms with Crippen molar-refractivity contribution in [3.63, 3.8) is 0 Å². The van der Waals surface area contributed by atoms with E-state index in [-0.39, 0.29) is 0 Å². The Hall–Kier alpha value is -2.48. The van der Waals surface area contributed by atoms with Gasteiger partial charge in [0, 0.05) is 7.05 Å². The molecule has 0 saturated heterocycles.